The number of benzene rings is 2. The van der Waals surface area contributed by atoms with Crippen molar-refractivity contribution in [2.75, 3.05) is 16.1 Å². The van der Waals surface area contributed by atoms with Gasteiger partial charge in [-0.3, -0.25) is 9.03 Å². The Labute approximate surface area is 154 Å². The molecule has 5 nitrogen and oxygen atoms in total. The number of rotatable bonds is 4. The van der Waals surface area contributed by atoms with Gasteiger partial charge in [0.05, 0.1) is 17.0 Å². The molecule has 138 valence electrons. The number of fused-ring (bicyclic) bond motifs is 1. The molecule has 0 saturated heterocycles. The Morgan fingerprint density at radius 1 is 1.19 bits per heavy atom. The summed E-state index contributed by atoms with van der Waals surface area (Å²) in [6.07, 6.45) is 3.29. The zero-order valence-corrected chi connectivity index (χ0v) is 16.1. The molecule has 2 aromatic rings. The lowest BCUT2D eigenvalue weighted by Gasteiger charge is -2.19. The molecule has 0 aromatic heterocycles. The molecule has 1 fully saturated rings. The van der Waals surface area contributed by atoms with Crippen LogP contribution in [0.25, 0.3) is 11.1 Å². The third-order valence-corrected chi connectivity index (χ3v) is 6.62. The molecule has 2 aromatic carbocycles. The molecular formula is C20H24N2O3S. The minimum Gasteiger partial charge on any atom is -0.386 e. The van der Waals surface area contributed by atoms with Crippen molar-refractivity contribution in [3.8, 4) is 11.1 Å². The summed E-state index contributed by atoms with van der Waals surface area (Å²) >= 11 is 0. The topological polar surface area (TPSA) is 69.6 Å². The van der Waals surface area contributed by atoms with Crippen molar-refractivity contribution in [3.63, 3.8) is 0 Å². The monoisotopic (exact) mass is 372 g/mol. The van der Waals surface area contributed by atoms with Gasteiger partial charge < -0.3 is 5.11 Å². The highest BCUT2D eigenvalue weighted by molar-refractivity contribution is 7.94. The van der Waals surface area contributed by atoms with Crippen molar-refractivity contribution in [3.05, 3.63) is 47.5 Å². The zero-order valence-electron chi connectivity index (χ0n) is 15.3. The Hall–Kier alpha value is -2.05. The van der Waals surface area contributed by atoms with Crippen LogP contribution in [0.4, 0.5) is 11.4 Å². The second-order valence-electron chi connectivity index (χ2n) is 7.89. The molecule has 0 radical (unpaired) electrons. The van der Waals surface area contributed by atoms with Crippen molar-refractivity contribution in [1.82, 2.24) is 0 Å². The normalized spacial score (nSPS) is 18.5. The van der Waals surface area contributed by atoms with Crippen LogP contribution in [0.1, 0.15) is 37.8 Å². The van der Waals surface area contributed by atoms with E-state index in [1.807, 2.05) is 30.3 Å². The molecule has 1 heterocycles. The quantitative estimate of drug-likeness (QED) is 0.861. The van der Waals surface area contributed by atoms with Crippen molar-refractivity contribution < 1.29 is 13.5 Å². The first-order chi connectivity index (χ1) is 12.1. The lowest BCUT2D eigenvalue weighted by Crippen LogP contribution is -2.25. The Bertz CT molecular complexity index is 973. The highest BCUT2D eigenvalue weighted by atomic mass is 32.2. The lowest BCUT2D eigenvalue weighted by molar-refractivity contribution is 0.0786. The molecule has 0 amide bonds. The van der Waals surface area contributed by atoms with Gasteiger partial charge in [-0.2, -0.15) is 8.42 Å². The average Bonchev–Trinajstić information content (AvgIpc) is 3.35. The first-order valence-corrected chi connectivity index (χ1v) is 10.4. The van der Waals surface area contributed by atoms with E-state index in [4.69, 9.17) is 0 Å². The summed E-state index contributed by atoms with van der Waals surface area (Å²) in [4.78, 5) is 0. The van der Waals surface area contributed by atoms with E-state index in [1.165, 1.54) is 17.1 Å². The van der Waals surface area contributed by atoms with Crippen LogP contribution in [0.2, 0.25) is 0 Å². The molecule has 0 spiro atoms. The summed E-state index contributed by atoms with van der Waals surface area (Å²) in [5.74, 6) is 0.646. The molecule has 2 N–H and O–H groups in total. The SMILES string of the molecule is CN1c2cc(-c3cccc(C(C)(C)O)c3)cc(CC3CC3)c2NS1(=O)=O. The van der Waals surface area contributed by atoms with Crippen LogP contribution >= 0.6 is 0 Å². The first-order valence-electron chi connectivity index (χ1n) is 8.92. The molecular weight excluding hydrogens is 348 g/mol. The maximum atomic E-state index is 12.3. The van der Waals surface area contributed by atoms with Gasteiger partial charge in [-0.25, -0.2) is 0 Å². The molecule has 2 aliphatic rings. The largest absolute Gasteiger partial charge is 0.386 e. The van der Waals surface area contributed by atoms with Gasteiger partial charge in [0.15, 0.2) is 0 Å². The van der Waals surface area contributed by atoms with Gasteiger partial charge in [-0.15, -0.1) is 0 Å². The fraction of sp³-hybridized carbons (Fsp3) is 0.400. The fourth-order valence-corrected chi connectivity index (χ4v) is 4.45. The van der Waals surface area contributed by atoms with E-state index in [9.17, 15) is 13.5 Å². The number of aliphatic hydroxyl groups is 1. The predicted octanol–water partition coefficient (Wildman–Crippen LogP) is 3.64. The Kier molecular flexibility index (Phi) is 3.82. The molecule has 26 heavy (non-hydrogen) atoms. The summed E-state index contributed by atoms with van der Waals surface area (Å²) in [5.41, 5.74) is 4.29. The highest BCUT2D eigenvalue weighted by Crippen LogP contribution is 2.44. The van der Waals surface area contributed by atoms with E-state index in [-0.39, 0.29) is 0 Å². The van der Waals surface area contributed by atoms with Crippen molar-refractivity contribution >= 4 is 21.6 Å². The van der Waals surface area contributed by atoms with Gasteiger partial charge in [-0.05, 0) is 79.5 Å². The third kappa shape index (κ3) is 3.08. The van der Waals surface area contributed by atoms with E-state index >= 15 is 0 Å². The molecule has 0 atom stereocenters. The number of nitrogens with zero attached hydrogens (tertiary/aromatic N) is 1. The zero-order chi connectivity index (χ0) is 18.7. The van der Waals surface area contributed by atoms with E-state index < -0.39 is 15.8 Å². The number of nitrogens with one attached hydrogen (secondary N) is 1. The molecule has 0 unspecified atom stereocenters. The van der Waals surface area contributed by atoms with Crippen LogP contribution in [0.3, 0.4) is 0 Å². The standard InChI is InChI=1S/C20H24N2O3S/c1-20(2,23)17-6-4-5-14(11-17)15-10-16(9-13-7-8-13)19-18(12-15)22(3)26(24,25)21-19/h4-6,10-13,21,23H,7-9H2,1-3H3. The second-order valence-corrected chi connectivity index (χ2v) is 9.59. The van der Waals surface area contributed by atoms with Gasteiger partial charge in [-0.1, -0.05) is 18.2 Å². The van der Waals surface area contributed by atoms with Crippen molar-refractivity contribution in [1.29, 1.82) is 0 Å². The Morgan fingerprint density at radius 3 is 2.58 bits per heavy atom. The van der Waals surface area contributed by atoms with E-state index in [0.29, 0.717) is 17.3 Å². The molecule has 1 aliphatic heterocycles. The van der Waals surface area contributed by atoms with Gasteiger partial charge >= 0.3 is 10.2 Å². The summed E-state index contributed by atoms with van der Waals surface area (Å²) < 4.78 is 28.6. The second kappa shape index (κ2) is 5.72. The van der Waals surface area contributed by atoms with Crippen molar-refractivity contribution in [2.45, 2.75) is 38.7 Å². The number of hydrogen-bond acceptors (Lipinski definition) is 3. The molecule has 1 aliphatic carbocycles. The Morgan fingerprint density at radius 2 is 1.92 bits per heavy atom. The summed E-state index contributed by atoms with van der Waals surface area (Å²) in [6, 6.07) is 11.8. The summed E-state index contributed by atoms with van der Waals surface area (Å²) in [6.45, 7) is 3.52. The average molecular weight is 372 g/mol. The van der Waals surface area contributed by atoms with E-state index in [0.717, 1.165) is 28.7 Å². The minimum absolute atomic E-state index is 0.646. The Balaban J connectivity index is 1.85. The van der Waals surface area contributed by atoms with Crippen LogP contribution in [0, 0.1) is 5.92 Å². The molecule has 4 rings (SSSR count). The summed E-state index contributed by atoms with van der Waals surface area (Å²) in [7, 11) is -1.93. The minimum atomic E-state index is -3.51. The maximum absolute atomic E-state index is 12.3. The lowest BCUT2D eigenvalue weighted by atomic mass is 9.92. The smallest absolute Gasteiger partial charge is 0.323 e. The molecule has 6 heteroatoms. The molecule has 1 saturated carbocycles. The highest BCUT2D eigenvalue weighted by Gasteiger charge is 2.33. The van der Waals surface area contributed by atoms with Crippen LogP contribution < -0.4 is 9.03 Å². The van der Waals surface area contributed by atoms with Crippen LogP contribution in [0.15, 0.2) is 36.4 Å². The van der Waals surface area contributed by atoms with Crippen LogP contribution in [-0.2, 0) is 22.2 Å². The first kappa shape index (κ1) is 17.4. The van der Waals surface area contributed by atoms with Gasteiger partial charge in [0.25, 0.3) is 0 Å². The van der Waals surface area contributed by atoms with Gasteiger partial charge in [0, 0.05) is 7.05 Å². The van der Waals surface area contributed by atoms with E-state index in [1.54, 1.807) is 20.9 Å². The van der Waals surface area contributed by atoms with Crippen molar-refractivity contribution in [2.24, 2.45) is 5.92 Å². The van der Waals surface area contributed by atoms with Crippen LogP contribution in [-0.4, -0.2) is 20.6 Å². The third-order valence-electron chi connectivity index (χ3n) is 5.24. The van der Waals surface area contributed by atoms with E-state index in [2.05, 4.69) is 10.8 Å². The summed E-state index contributed by atoms with van der Waals surface area (Å²) in [5, 5.41) is 10.3. The van der Waals surface area contributed by atoms with Gasteiger partial charge in [0.2, 0.25) is 0 Å². The van der Waals surface area contributed by atoms with Crippen LogP contribution in [0.5, 0.6) is 0 Å². The number of anilines is 2. The van der Waals surface area contributed by atoms with Gasteiger partial charge in [0.1, 0.15) is 0 Å². The maximum Gasteiger partial charge on any atom is 0.323 e. The number of hydrogen-bond donors (Lipinski definition) is 2. The molecule has 0 bridgehead atoms. The fourth-order valence-electron chi connectivity index (χ4n) is 3.42. The predicted molar refractivity (Wildman–Crippen MR) is 104 cm³/mol.